The first-order valence-electron chi connectivity index (χ1n) is 7.91. The molecule has 0 unspecified atom stereocenters. The number of benzene rings is 1. The molecule has 0 spiro atoms. The van der Waals surface area contributed by atoms with E-state index >= 15 is 0 Å². The second kappa shape index (κ2) is 7.86. The molecule has 0 N–H and O–H groups in total. The molecule has 1 saturated heterocycles. The highest BCUT2D eigenvalue weighted by molar-refractivity contribution is 5.75. The van der Waals surface area contributed by atoms with Crippen LogP contribution in [0.15, 0.2) is 30.3 Å². The molecule has 0 radical (unpaired) electrons. The van der Waals surface area contributed by atoms with E-state index in [0.717, 1.165) is 12.8 Å². The Morgan fingerprint density at radius 2 is 1.91 bits per heavy atom. The Labute approximate surface area is 132 Å². The van der Waals surface area contributed by atoms with E-state index in [9.17, 15) is 4.79 Å². The number of carbonyl (C=O) groups excluding carboxylic acids is 1. The molecule has 1 aliphatic rings. The summed E-state index contributed by atoms with van der Waals surface area (Å²) in [5.41, 5.74) is 1.17. The van der Waals surface area contributed by atoms with E-state index in [1.54, 1.807) is 6.92 Å². The number of hydrogen-bond acceptors (Lipinski definition) is 4. The molecule has 2 atom stereocenters. The highest BCUT2D eigenvalue weighted by Gasteiger charge is 2.35. The minimum atomic E-state index is -0.636. The molecule has 1 fully saturated rings. The van der Waals surface area contributed by atoms with Crippen LogP contribution in [0.5, 0.6) is 0 Å². The van der Waals surface area contributed by atoms with Crippen LogP contribution in [0.3, 0.4) is 0 Å². The van der Waals surface area contributed by atoms with Crippen molar-refractivity contribution >= 4 is 5.78 Å². The lowest BCUT2D eigenvalue weighted by Crippen LogP contribution is -2.45. The second-order valence-electron chi connectivity index (χ2n) is 6.35. The summed E-state index contributed by atoms with van der Waals surface area (Å²) in [4.78, 5) is 11.3. The van der Waals surface area contributed by atoms with Crippen LogP contribution in [0.1, 0.15) is 45.6 Å². The predicted molar refractivity (Wildman–Crippen MR) is 84.5 cm³/mol. The van der Waals surface area contributed by atoms with E-state index in [0.29, 0.717) is 19.6 Å². The molecule has 0 aliphatic carbocycles. The first-order chi connectivity index (χ1) is 10.4. The molecule has 1 aromatic carbocycles. The Hall–Kier alpha value is -1.23. The third kappa shape index (κ3) is 5.87. The normalized spacial score (nSPS) is 24.1. The molecule has 0 bridgehead atoms. The van der Waals surface area contributed by atoms with E-state index in [1.807, 2.05) is 32.0 Å². The van der Waals surface area contributed by atoms with Gasteiger partial charge in [-0.2, -0.15) is 0 Å². The molecule has 122 valence electrons. The van der Waals surface area contributed by atoms with Gasteiger partial charge in [-0.3, -0.25) is 4.79 Å². The molecule has 2 rings (SSSR count). The quantitative estimate of drug-likeness (QED) is 0.723. The predicted octanol–water partition coefficient (Wildman–Crippen LogP) is 3.48. The van der Waals surface area contributed by atoms with E-state index < -0.39 is 5.79 Å². The lowest BCUT2D eigenvalue weighted by atomic mass is 10.0. The zero-order valence-corrected chi connectivity index (χ0v) is 13.7. The summed E-state index contributed by atoms with van der Waals surface area (Å²) in [6.45, 7) is 6.66. The molecule has 4 nitrogen and oxygen atoms in total. The van der Waals surface area contributed by atoms with Gasteiger partial charge in [-0.05, 0) is 32.8 Å². The smallest absolute Gasteiger partial charge is 0.163 e. The molecule has 22 heavy (non-hydrogen) atoms. The van der Waals surface area contributed by atoms with Crippen molar-refractivity contribution in [3.63, 3.8) is 0 Å². The van der Waals surface area contributed by atoms with Crippen LogP contribution in [0, 0.1) is 0 Å². The Kier molecular flexibility index (Phi) is 6.12. The van der Waals surface area contributed by atoms with Crippen molar-refractivity contribution < 1.29 is 19.0 Å². The van der Waals surface area contributed by atoms with Crippen LogP contribution < -0.4 is 0 Å². The fourth-order valence-corrected chi connectivity index (χ4v) is 2.82. The SMILES string of the molecule is CC(=O)C[C@@H]1C[C@H](CCOCc2ccccc2)OC(C)(C)O1. The molecule has 1 aromatic rings. The number of rotatable bonds is 7. The molecule has 1 heterocycles. The van der Waals surface area contributed by atoms with Crippen LogP contribution in [-0.2, 0) is 25.6 Å². The fourth-order valence-electron chi connectivity index (χ4n) is 2.82. The molecule has 0 aromatic heterocycles. The van der Waals surface area contributed by atoms with Crippen LogP contribution in [0.2, 0.25) is 0 Å². The third-order valence-corrected chi connectivity index (χ3v) is 3.64. The van der Waals surface area contributed by atoms with E-state index in [2.05, 4.69) is 12.1 Å². The maximum Gasteiger partial charge on any atom is 0.163 e. The standard InChI is InChI=1S/C18H26O4/c1-14(19)11-17-12-16(21-18(2,3)22-17)9-10-20-13-15-7-5-4-6-8-15/h4-8,16-17H,9-13H2,1-3H3/t16-,17+/m0/s1. The van der Waals surface area contributed by atoms with E-state index in [-0.39, 0.29) is 18.0 Å². The second-order valence-corrected chi connectivity index (χ2v) is 6.35. The van der Waals surface area contributed by atoms with Gasteiger partial charge in [0.15, 0.2) is 5.79 Å². The Bertz CT molecular complexity index is 469. The maximum absolute atomic E-state index is 11.3. The van der Waals surface area contributed by atoms with Crippen molar-refractivity contribution in [3.8, 4) is 0 Å². The monoisotopic (exact) mass is 306 g/mol. The number of hydrogen-bond donors (Lipinski definition) is 0. The lowest BCUT2D eigenvalue weighted by molar-refractivity contribution is -0.300. The molecule has 0 saturated carbocycles. The first kappa shape index (κ1) is 17.1. The summed E-state index contributed by atoms with van der Waals surface area (Å²) in [6.07, 6.45) is 2.03. The van der Waals surface area contributed by atoms with Crippen molar-refractivity contribution in [1.29, 1.82) is 0 Å². The van der Waals surface area contributed by atoms with Crippen LogP contribution in [0.4, 0.5) is 0 Å². The van der Waals surface area contributed by atoms with Gasteiger partial charge in [0, 0.05) is 19.4 Å². The van der Waals surface area contributed by atoms with Crippen LogP contribution in [0.25, 0.3) is 0 Å². The van der Waals surface area contributed by atoms with Gasteiger partial charge in [0.25, 0.3) is 0 Å². The lowest BCUT2D eigenvalue weighted by Gasteiger charge is -2.40. The third-order valence-electron chi connectivity index (χ3n) is 3.64. The van der Waals surface area contributed by atoms with Gasteiger partial charge in [0.05, 0.1) is 18.8 Å². The molecule has 0 amide bonds. The van der Waals surface area contributed by atoms with Gasteiger partial charge in [0.2, 0.25) is 0 Å². The largest absolute Gasteiger partial charge is 0.377 e. The van der Waals surface area contributed by atoms with Gasteiger partial charge in [0.1, 0.15) is 5.78 Å². The average Bonchev–Trinajstić information content (AvgIpc) is 2.42. The van der Waals surface area contributed by atoms with E-state index in [1.165, 1.54) is 5.56 Å². The van der Waals surface area contributed by atoms with Gasteiger partial charge in [-0.25, -0.2) is 0 Å². The number of Topliss-reactive ketones (excluding diaryl/α,β-unsaturated/α-hetero) is 1. The highest BCUT2D eigenvalue weighted by Crippen LogP contribution is 2.29. The van der Waals surface area contributed by atoms with Crippen LogP contribution >= 0.6 is 0 Å². The number of ketones is 1. The summed E-state index contributed by atoms with van der Waals surface area (Å²) in [6, 6.07) is 10.1. The molecular weight excluding hydrogens is 280 g/mol. The summed E-state index contributed by atoms with van der Waals surface area (Å²) in [7, 11) is 0. The zero-order chi connectivity index (χ0) is 16.0. The van der Waals surface area contributed by atoms with Gasteiger partial charge in [-0.1, -0.05) is 30.3 Å². The van der Waals surface area contributed by atoms with E-state index in [4.69, 9.17) is 14.2 Å². The molecule has 4 heteroatoms. The number of ether oxygens (including phenoxy) is 3. The Morgan fingerprint density at radius 3 is 2.59 bits per heavy atom. The van der Waals surface area contributed by atoms with Gasteiger partial charge >= 0.3 is 0 Å². The van der Waals surface area contributed by atoms with Crippen molar-refractivity contribution in [2.24, 2.45) is 0 Å². The average molecular weight is 306 g/mol. The number of carbonyl (C=O) groups is 1. The van der Waals surface area contributed by atoms with Gasteiger partial charge in [-0.15, -0.1) is 0 Å². The van der Waals surface area contributed by atoms with Crippen molar-refractivity contribution in [2.75, 3.05) is 6.61 Å². The summed E-state index contributed by atoms with van der Waals surface area (Å²) in [5, 5.41) is 0. The summed E-state index contributed by atoms with van der Waals surface area (Å²) in [5.74, 6) is -0.482. The first-order valence-corrected chi connectivity index (χ1v) is 7.91. The maximum atomic E-state index is 11.3. The Morgan fingerprint density at radius 1 is 1.23 bits per heavy atom. The topological polar surface area (TPSA) is 44.8 Å². The fraction of sp³-hybridized carbons (Fsp3) is 0.611. The summed E-state index contributed by atoms with van der Waals surface area (Å²) < 4.78 is 17.5. The zero-order valence-electron chi connectivity index (χ0n) is 13.7. The van der Waals surface area contributed by atoms with Crippen molar-refractivity contribution in [1.82, 2.24) is 0 Å². The molecule has 1 aliphatic heterocycles. The minimum Gasteiger partial charge on any atom is -0.377 e. The van der Waals surface area contributed by atoms with Crippen molar-refractivity contribution in [2.45, 2.75) is 64.6 Å². The Balaban J connectivity index is 1.75. The molecular formula is C18H26O4. The highest BCUT2D eigenvalue weighted by atomic mass is 16.7. The minimum absolute atomic E-state index is 0.0552. The van der Waals surface area contributed by atoms with Crippen LogP contribution in [-0.4, -0.2) is 30.4 Å². The summed E-state index contributed by atoms with van der Waals surface area (Å²) >= 11 is 0. The van der Waals surface area contributed by atoms with Crippen molar-refractivity contribution in [3.05, 3.63) is 35.9 Å². The van der Waals surface area contributed by atoms with Gasteiger partial charge < -0.3 is 14.2 Å².